The van der Waals surface area contributed by atoms with Crippen LogP contribution < -0.4 is 10.6 Å². The fraction of sp³-hybridized carbons (Fsp3) is 0.536. The fourth-order valence-corrected chi connectivity index (χ4v) is 5.69. The first-order chi connectivity index (χ1) is 17.5. The Bertz CT molecular complexity index is 1150. The molecule has 2 aromatic heterocycles. The lowest BCUT2D eigenvalue weighted by Gasteiger charge is -2.26. The number of rotatable bonds is 11. The van der Waals surface area contributed by atoms with Crippen LogP contribution in [0.1, 0.15) is 86.4 Å². The molecule has 1 aliphatic heterocycles. The van der Waals surface area contributed by atoms with Crippen molar-refractivity contribution < 1.29 is 14.3 Å². The fourth-order valence-electron chi connectivity index (χ4n) is 4.99. The maximum Gasteiger partial charge on any atom is 0.252 e. The average molecular weight is 511 g/mol. The number of nitrogens with zero attached hydrogens (tertiary/aromatic N) is 2. The highest BCUT2D eigenvalue weighted by molar-refractivity contribution is 7.09. The summed E-state index contributed by atoms with van der Waals surface area (Å²) in [5.74, 6) is 0.669. The number of aromatic nitrogens is 2. The lowest BCUT2D eigenvalue weighted by atomic mass is 10.1. The molecule has 1 atom stereocenters. The molecule has 2 amide bonds. The third kappa shape index (κ3) is 6.16. The van der Waals surface area contributed by atoms with Crippen LogP contribution in [-0.4, -0.2) is 46.7 Å². The summed E-state index contributed by atoms with van der Waals surface area (Å²) in [6.07, 6.45) is 5.82. The normalized spacial score (nSPS) is 15.3. The molecular formula is C28H38N4O3S. The van der Waals surface area contributed by atoms with Gasteiger partial charge in [-0.25, -0.2) is 4.98 Å². The van der Waals surface area contributed by atoms with Crippen molar-refractivity contribution in [3.63, 3.8) is 0 Å². The standard InChI is InChI=1S/C28H38N4O3S/c1-4-8-23(28(34)29-20-12-14-35-15-13-20)31-27(33)19-10-11-25-24(17-19)30-26(18-22-9-7-16-36-22)32(25)21(5-2)6-3/h7,9-11,16-17,20-21,23H,4-6,8,12-15,18H2,1-3H3,(H,29,34)(H,31,33)/t23-/m0/s1. The summed E-state index contributed by atoms with van der Waals surface area (Å²) < 4.78 is 7.73. The van der Waals surface area contributed by atoms with E-state index < -0.39 is 6.04 Å². The molecule has 3 aromatic rings. The Kier molecular flexibility index (Phi) is 9.15. The van der Waals surface area contributed by atoms with Crippen molar-refractivity contribution >= 4 is 34.2 Å². The lowest BCUT2D eigenvalue weighted by Crippen LogP contribution is -2.50. The largest absolute Gasteiger partial charge is 0.381 e. The van der Waals surface area contributed by atoms with E-state index in [1.54, 1.807) is 11.3 Å². The zero-order valence-corrected chi connectivity index (χ0v) is 22.4. The molecule has 1 aromatic carbocycles. The van der Waals surface area contributed by atoms with E-state index in [2.05, 4.69) is 46.6 Å². The van der Waals surface area contributed by atoms with E-state index in [4.69, 9.17) is 9.72 Å². The van der Waals surface area contributed by atoms with Crippen LogP contribution in [0.3, 0.4) is 0 Å². The second kappa shape index (κ2) is 12.5. The third-order valence-electron chi connectivity index (χ3n) is 7.01. The SMILES string of the molecule is CCC[C@H](NC(=O)c1ccc2c(c1)nc(Cc1cccs1)n2C(CC)CC)C(=O)NC1CCOCC1. The van der Waals surface area contributed by atoms with E-state index in [-0.39, 0.29) is 17.9 Å². The van der Waals surface area contributed by atoms with Crippen molar-refractivity contribution in [3.05, 3.63) is 52.0 Å². The van der Waals surface area contributed by atoms with Crippen molar-refractivity contribution in [2.75, 3.05) is 13.2 Å². The van der Waals surface area contributed by atoms with Crippen molar-refractivity contribution in [2.24, 2.45) is 0 Å². The Labute approximate surface area is 217 Å². The number of thiophene rings is 1. The van der Waals surface area contributed by atoms with Crippen LogP contribution >= 0.6 is 11.3 Å². The molecule has 1 saturated heterocycles. The van der Waals surface area contributed by atoms with E-state index in [9.17, 15) is 9.59 Å². The van der Waals surface area contributed by atoms with E-state index >= 15 is 0 Å². The minimum atomic E-state index is -0.558. The molecule has 0 bridgehead atoms. The molecule has 194 valence electrons. The van der Waals surface area contributed by atoms with Gasteiger partial charge in [-0.15, -0.1) is 11.3 Å². The second-order valence-corrected chi connectivity index (χ2v) is 10.6. The Balaban J connectivity index is 1.55. The molecule has 0 radical (unpaired) electrons. The number of fused-ring (bicyclic) bond motifs is 1. The maximum atomic E-state index is 13.2. The number of imidazole rings is 1. The summed E-state index contributed by atoms with van der Waals surface area (Å²) >= 11 is 1.74. The Morgan fingerprint density at radius 2 is 1.94 bits per heavy atom. The van der Waals surface area contributed by atoms with E-state index in [1.807, 2.05) is 25.1 Å². The highest BCUT2D eigenvalue weighted by Crippen LogP contribution is 2.28. The number of carbonyl (C=O) groups excluding carboxylic acids is 2. The van der Waals surface area contributed by atoms with Crippen LogP contribution in [0.4, 0.5) is 0 Å². The third-order valence-corrected chi connectivity index (χ3v) is 7.89. The van der Waals surface area contributed by atoms with Crippen molar-refractivity contribution in [1.29, 1.82) is 0 Å². The number of hydrogen-bond donors (Lipinski definition) is 2. The Hall–Kier alpha value is -2.71. The van der Waals surface area contributed by atoms with Gasteiger partial charge in [-0.05, 0) is 61.7 Å². The quantitative estimate of drug-likeness (QED) is 0.369. The van der Waals surface area contributed by atoms with Gasteiger partial charge in [0.05, 0.1) is 11.0 Å². The number of benzene rings is 1. The highest BCUT2D eigenvalue weighted by atomic mass is 32.1. The Morgan fingerprint density at radius 3 is 2.61 bits per heavy atom. The monoisotopic (exact) mass is 510 g/mol. The smallest absolute Gasteiger partial charge is 0.252 e. The van der Waals surface area contributed by atoms with Crippen molar-refractivity contribution in [1.82, 2.24) is 20.2 Å². The van der Waals surface area contributed by atoms with E-state index in [1.165, 1.54) is 4.88 Å². The van der Waals surface area contributed by atoms with Crippen molar-refractivity contribution in [3.8, 4) is 0 Å². The molecule has 8 heteroatoms. The van der Waals surface area contributed by atoms with Crippen LogP contribution in [0.15, 0.2) is 35.7 Å². The molecule has 0 saturated carbocycles. The maximum absolute atomic E-state index is 13.2. The summed E-state index contributed by atoms with van der Waals surface area (Å²) in [4.78, 5) is 32.4. The van der Waals surface area contributed by atoms with Gasteiger partial charge in [-0.3, -0.25) is 9.59 Å². The van der Waals surface area contributed by atoms with Crippen LogP contribution in [0.25, 0.3) is 11.0 Å². The summed E-state index contributed by atoms with van der Waals surface area (Å²) in [7, 11) is 0. The molecule has 4 rings (SSSR count). The zero-order chi connectivity index (χ0) is 25.5. The van der Waals surface area contributed by atoms with Gasteiger partial charge >= 0.3 is 0 Å². The van der Waals surface area contributed by atoms with Gasteiger partial charge in [-0.1, -0.05) is 33.3 Å². The van der Waals surface area contributed by atoms with Gasteiger partial charge in [0, 0.05) is 42.2 Å². The molecule has 0 spiro atoms. The molecular weight excluding hydrogens is 472 g/mol. The van der Waals surface area contributed by atoms with Crippen LogP contribution in [0, 0.1) is 0 Å². The van der Waals surface area contributed by atoms with E-state index in [0.29, 0.717) is 31.2 Å². The van der Waals surface area contributed by atoms with Gasteiger partial charge in [0.25, 0.3) is 5.91 Å². The minimum Gasteiger partial charge on any atom is -0.381 e. The van der Waals surface area contributed by atoms with Crippen molar-refractivity contribution in [2.45, 2.75) is 83.8 Å². The number of ether oxygens (including phenoxy) is 1. The Morgan fingerprint density at radius 1 is 1.17 bits per heavy atom. The van der Waals surface area contributed by atoms with E-state index in [0.717, 1.165) is 55.4 Å². The topological polar surface area (TPSA) is 85.2 Å². The van der Waals surface area contributed by atoms with Gasteiger partial charge in [-0.2, -0.15) is 0 Å². The molecule has 3 heterocycles. The lowest BCUT2D eigenvalue weighted by molar-refractivity contribution is -0.124. The molecule has 2 N–H and O–H groups in total. The zero-order valence-electron chi connectivity index (χ0n) is 21.6. The summed E-state index contributed by atoms with van der Waals surface area (Å²) in [5.41, 5.74) is 2.40. The average Bonchev–Trinajstić information content (AvgIpc) is 3.53. The molecule has 0 unspecified atom stereocenters. The first-order valence-corrected chi connectivity index (χ1v) is 14.1. The predicted octanol–water partition coefficient (Wildman–Crippen LogP) is 5.24. The summed E-state index contributed by atoms with van der Waals surface area (Å²) in [5, 5.41) is 8.17. The highest BCUT2D eigenvalue weighted by Gasteiger charge is 2.25. The van der Waals surface area contributed by atoms with Gasteiger partial charge < -0.3 is 19.9 Å². The predicted molar refractivity (Wildman–Crippen MR) is 145 cm³/mol. The molecule has 1 fully saturated rings. The van der Waals surface area contributed by atoms with Crippen LogP contribution in [0.5, 0.6) is 0 Å². The van der Waals surface area contributed by atoms with Gasteiger partial charge in [0.2, 0.25) is 5.91 Å². The van der Waals surface area contributed by atoms with Gasteiger partial charge in [0.1, 0.15) is 11.9 Å². The van der Waals surface area contributed by atoms with Gasteiger partial charge in [0.15, 0.2) is 0 Å². The number of amides is 2. The molecule has 0 aliphatic carbocycles. The number of nitrogens with one attached hydrogen (secondary N) is 2. The summed E-state index contributed by atoms with van der Waals surface area (Å²) in [6, 6.07) is 9.83. The molecule has 1 aliphatic rings. The number of carbonyl (C=O) groups is 2. The number of hydrogen-bond acceptors (Lipinski definition) is 5. The summed E-state index contributed by atoms with van der Waals surface area (Å²) in [6.45, 7) is 7.75. The molecule has 7 nitrogen and oxygen atoms in total. The van der Waals surface area contributed by atoms with Crippen LogP contribution in [-0.2, 0) is 16.0 Å². The first-order valence-electron chi connectivity index (χ1n) is 13.3. The minimum absolute atomic E-state index is 0.106. The first kappa shape index (κ1) is 26.4. The van der Waals surface area contributed by atoms with Crippen LogP contribution in [0.2, 0.25) is 0 Å². The second-order valence-electron chi connectivity index (χ2n) is 9.54. The molecule has 36 heavy (non-hydrogen) atoms.